The lowest BCUT2D eigenvalue weighted by molar-refractivity contribution is -0.138. The zero-order valence-corrected chi connectivity index (χ0v) is 17.8. The molecule has 0 saturated carbocycles. The maximum absolute atomic E-state index is 13.4. The molecule has 0 spiro atoms. The number of amides is 1. The molecule has 0 aliphatic carbocycles. The number of alkyl halides is 3. The lowest BCUT2D eigenvalue weighted by atomic mass is 10.1. The van der Waals surface area contributed by atoms with Crippen LogP contribution in [-0.2, 0) is 16.2 Å². The Morgan fingerprint density at radius 1 is 1.12 bits per heavy atom. The van der Waals surface area contributed by atoms with Crippen molar-refractivity contribution in [2.75, 3.05) is 19.9 Å². The molecule has 0 unspecified atom stereocenters. The van der Waals surface area contributed by atoms with Gasteiger partial charge in [0, 0.05) is 19.2 Å². The van der Waals surface area contributed by atoms with Gasteiger partial charge >= 0.3 is 6.18 Å². The summed E-state index contributed by atoms with van der Waals surface area (Å²) in [4.78, 5) is 11.1. The van der Waals surface area contributed by atoms with Crippen molar-refractivity contribution in [3.05, 3.63) is 47.5 Å². The Hall–Kier alpha value is -3.03. The van der Waals surface area contributed by atoms with Crippen molar-refractivity contribution in [3.63, 3.8) is 0 Å². The maximum atomic E-state index is 13.4. The highest BCUT2D eigenvalue weighted by molar-refractivity contribution is 7.89. The van der Waals surface area contributed by atoms with Gasteiger partial charge in [-0.25, -0.2) is 13.9 Å². The van der Waals surface area contributed by atoms with Gasteiger partial charge in [0.25, 0.3) is 5.91 Å². The van der Waals surface area contributed by atoms with Crippen LogP contribution < -0.4 is 19.7 Å². The standard InChI is InChI=1S/C20H19F3N2O7S/c21-20(22,23)14-2-1-3-17(18(14)19(26)24-27)33(28,29)25-8-6-12(7-9-25)32-13-4-5-15-16(10-13)31-11-30-15/h1-5,10,12,27H,6-9,11H2,(H,24,26). The molecule has 13 heteroatoms. The SMILES string of the molecule is O=C(NO)c1c(C(F)(F)F)cccc1S(=O)(=O)N1CCC(Oc2ccc3c(c2)OCO3)CC1. The largest absolute Gasteiger partial charge is 0.490 e. The second-order valence-corrected chi connectivity index (χ2v) is 9.26. The molecule has 0 aromatic heterocycles. The molecular weight excluding hydrogens is 469 g/mol. The van der Waals surface area contributed by atoms with Crippen LogP contribution in [0.1, 0.15) is 28.8 Å². The van der Waals surface area contributed by atoms with E-state index in [0.717, 1.165) is 21.9 Å². The van der Waals surface area contributed by atoms with E-state index in [4.69, 9.17) is 19.4 Å². The van der Waals surface area contributed by atoms with E-state index in [2.05, 4.69) is 0 Å². The van der Waals surface area contributed by atoms with Gasteiger partial charge < -0.3 is 14.2 Å². The first kappa shape index (κ1) is 23.1. The Morgan fingerprint density at radius 3 is 2.48 bits per heavy atom. The highest BCUT2D eigenvalue weighted by Gasteiger charge is 2.40. The van der Waals surface area contributed by atoms with Crippen LogP contribution in [0.2, 0.25) is 0 Å². The predicted octanol–water partition coefficient (Wildman–Crippen LogP) is 2.79. The third-order valence-electron chi connectivity index (χ3n) is 5.33. The summed E-state index contributed by atoms with van der Waals surface area (Å²) in [5.74, 6) is 0.0710. The van der Waals surface area contributed by atoms with Gasteiger partial charge in [-0.3, -0.25) is 10.0 Å². The summed E-state index contributed by atoms with van der Waals surface area (Å²) in [6.07, 6.45) is -4.79. The van der Waals surface area contributed by atoms with E-state index in [9.17, 15) is 26.4 Å². The van der Waals surface area contributed by atoms with Crippen LogP contribution in [0.3, 0.4) is 0 Å². The third kappa shape index (κ3) is 4.56. The number of hydroxylamine groups is 1. The zero-order chi connectivity index (χ0) is 23.8. The number of nitrogens with one attached hydrogen (secondary N) is 1. The van der Waals surface area contributed by atoms with Gasteiger partial charge in [0.15, 0.2) is 11.5 Å². The maximum Gasteiger partial charge on any atom is 0.417 e. The van der Waals surface area contributed by atoms with Gasteiger partial charge in [-0.2, -0.15) is 17.5 Å². The zero-order valence-electron chi connectivity index (χ0n) is 17.0. The monoisotopic (exact) mass is 488 g/mol. The Morgan fingerprint density at radius 2 is 1.82 bits per heavy atom. The second kappa shape index (κ2) is 8.72. The average molecular weight is 488 g/mol. The highest BCUT2D eigenvalue weighted by Crippen LogP contribution is 2.37. The minimum atomic E-state index is -5.00. The first-order chi connectivity index (χ1) is 15.6. The summed E-state index contributed by atoms with van der Waals surface area (Å²) in [6.45, 7) is 0.0445. The van der Waals surface area contributed by atoms with Gasteiger partial charge in [0.05, 0.1) is 16.0 Å². The minimum absolute atomic E-state index is 0.0337. The van der Waals surface area contributed by atoms with E-state index in [1.54, 1.807) is 18.2 Å². The fourth-order valence-electron chi connectivity index (χ4n) is 3.74. The van der Waals surface area contributed by atoms with E-state index in [0.29, 0.717) is 23.3 Å². The number of hydrogen-bond acceptors (Lipinski definition) is 7. The minimum Gasteiger partial charge on any atom is -0.490 e. The van der Waals surface area contributed by atoms with E-state index >= 15 is 0 Å². The Kier molecular flexibility index (Phi) is 6.12. The molecule has 1 saturated heterocycles. The summed E-state index contributed by atoms with van der Waals surface area (Å²) in [5, 5.41) is 8.90. The number of rotatable bonds is 5. The van der Waals surface area contributed by atoms with Crippen LogP contribution >= 0.6 is 0 Å². The number of carbonyl (C=O) groups is 1. The molecule has 9 nitrogen and oxygen atoms in total. The summed E-state index contributed by atoms with van der Waals surface area (Å²) >= 11 is 0. The third-order valence-corrected chi connectivity index (χ3v) is 7.27. The Labute approximate surface area is 186 Å². The summed E-state index contributed by atoms with van der Waals surface area (Å²) < 4.78 is 83.8. The molecule has 1 fully saturated rings. The fourth-order valence-corrected chi connectivity index (χ4v) is 5.43. The average Bonchev–Trinajstić information content (AvgIpc) is 3.26. The number of ether oxygens (including phenoxy) is 3. The molecule has 178 valence electrons. The Bertz CT molecular complexity index is 1160. The quantitative estimate of drug-likeness (QED) is 0.491. The predicted molar refractivity (Wildman–Crippen MR) is 106 cm³/mol. The molecule has 0 radical (unpaired) electrons. The summed E-state index contributed by atoms with van der Waals surface area (Å²) in [6, 6.07) is 7.43. The van der Waals surface area contributed by atoms with Gasteiger partial charge in [-0.05, 0) is 37.1 Å². The van der Waals surface area contributed by atoms with Crippen LogP contribution in [0, 0.1) is 0 Å². The molecule has 0 atom stereocenters. The van der Waals surface area contributed by atoms with Crippen LogP contribution in [-0.4, -0.2) is 49.8 Å². The van der Waals surface area contributed by atoms with Crippen molar-refractivity contribution in [1.29, 1.82) is 0 Å². The van der Waals surface area contributed by atoms with Crippen molar-refractivity contribution >= 4 is 15.9 Å². The number of halogens is 3. The smallest absolute Gasteiger partial charge is 0.417 e. The summed E-state index contributed by atoms with van der Waals surface area (Å²) in [7, 11) is -4.47. The number of benzene rings is 2. The fraction of sp³-hybridized carbons (Fsp3) is 0.350. The number of fused-ring (bicyclic) bond motifs is 1. The van der Waals surface area contributed by atoms with Crippen molar-refractivity contribution in [1.82, 2.24) is 9.79 Å². The molecule has 4 rings (SSSR count). The molecule has 2 aliphatic heterocycles. The van der Waals surface area contributed by atoms with Crippen LogP contribution in [0.4, 0.5) is 13.2 Å². The first-order valence-corrected chi connectivity index (χ1v) is 11.3. The highest BCUT2D eigenvalue weighted by atomic mass is 32.2. The van der Waals surface area contributed by atoms with Crippen LogP contribution in [0.25, 0.3) is 0 Å². The van der Waals surface area contributed by atoms with E-state index in [1.807, 2.05) is 0 Å². The van der Waals surface area contributed by atoms with Gasteiger partial charge in [-0.1, -0.05) is 6.07 Å². The normalized spacial score (nSPS) is 17.1. The number of carbonyl (C=O) groups excluding carboxylic acids is 1. The van der Waals surface area contributed by atoms with Gasteiger partial charge in [0.1, 0.15) is 11.9 Å². The molecule has 2 aromatic carbocycles. The molecule has 33 heavy (non-hydrogen) atoms. The van der Waals surface area contributed by atoms with Gasteiger partial charge in [-0.15, -0.1) is 0 Å². The first-order valence-electron chi connectivity index (χ1n) is 9.82. The molecule has 2 heterocycles. The molecule has 0 bridgehead atoms. The molecular formula is C20H19F3N2O7S. The number of sulfonamides is 1. The number of nitrogens with zero attached hydrogens (tertiary/aromatic N) is 1. The van der Waals surface area contributed by atoms with Crippen LogP contribution in [0.5, 0.6) is 17.2 Å². The van der Waals surface area contributed by atoms with E-state index < -0.39 is 38.1 Å². The van der Waals surface area contributed by atoms with E-state index in [-0.39, 0.29) is 38.8 Å². The van der Waals surface area contributed by atoms with Gasteiger partial charge in [0.2, 0.25) is 16.8 Å². The molecule has 1 amide bonds. The second-order valence-electron chi connectivity index (χ2n) is 7.35. The topological polar surface area (TPSA) is 114 Å². The molecule has 2 N–H and O–H groups in total. The van der Waals surface area contributed by atoms with Crippen LogP contribution in [0.15, 0.2) is 41.3 Å². The van der Waals surface area contributed by atoms with E-state index in [1.165, 1.54) is 0 Å². The lowest BCUT2D eigenvalue weighted by Crippen LogP contribution is -2.42. The molecule has 2 aliphatic rings. The van der Waals surface area contributed by atoms with Crippen molar-refractivity contribution in [2.45, 2.75) is 30.0 Å². The van der Waals surface area contributed by atoms with Crippen molar-refractivity contribution in [3.8, 4) is 17.2 Å². The molecule has 2 aromatic rings. The number of piperidine rings is 1. The number of hydrogen-bond donors (Lipinski definition) is 2. The lowest BCUT2D eigenvalue weighted by Gasteiger charge is -2.32. The van der Waals surface area contributed by atoms with Crippen molar-refractivity contribution in [2.24, 2.45) is 0 Å². The van der Waals surface area contributed by atoms with Crippen molar-refractivity contribution < 1.29 is 45.8 Å². The summed E-state index contributed by atoms with van der Waals surface area (Å²) in [5.41, 5.74) is -1.52. The Balaban J connectivity index is 1.52.